The summed E-state index contributed by atoms with van der Waals surface area (Å²) in [5.41, 5.74) is 6.06. The average Bonchev–Trinajstić information content (AvgIpc) is 2.69. The Morgan fingerprint density at radius 2 is 1.70 bits per heavy atom. The van der Waals surface area contributed by atoms with Crippen molar-refractivity contribution < 1.29 is 4.79 Å². The van der Waals surface area contributed by atoms with Crippen LogP contribution in [0.3, 0.4) is 0 Å². The highest BCUT2D eigenvalue weighted by atomic mass is 16.1. The second-order valence-corrected chi connectivity index (χ2v) is 6.55. The molecule has 0 bridgehead atoms. The van der Waals surface area contributed by atoms with Crippen molar-refractivity contribution in [2.24, 2.45) is 0 Å². The van der Waals surface area contributed by atoms with Crippen LogP contribution in [-0.2, 0) is 13.0 Å². The maximum Gasteiger partial charge on any atom is 0.254 e. The second kappa shape index (κ2) is 8.45. The van der Waals surface area contributed by atoms with Gasteiger partial charge in [-0.05, 0) is 37.0 Å². The number of rotatable bonds is 6. The van der Waals surface area contributed by atoms with Crippen molar-refractivity contribution in [3.8, 4) is 0 Å². The van der Waals surface area contributed by atoms with Crippen molar-refractivity contribution in [3.63, 3.8) is 0 Å². The number of nitrogens with zero attached hydrogens (tertiary/aromatic N) is 2. The molecule has 3 rings (SSSR count). The van der Waals surface area contributed by atoms with E-state index in [4.69, 9.17) is 0 Å². The summed E-state index contributed by atoms with van der Waals surface area (Å²) >= 11 is 0. The molecule has 0 saturated heterocycles. The van der Waals surface area contributed by atoms with Crippen molar-refractivity contribution in [2.75, 3.05) is 5.32 Å². The minimum atomic E-state index is -0.188. The lowest BCUT2D eigenvalue weighted by molar-refractivity contribution is 0.0950. The van der Waals surface area contributed by atoms with Gasteiger partial charge in [0.15, 0.2) is 0 Å². The Labute approximate surface area is 159 Å². The standard InChI is InChI=1S/C22H24N4O/c1-4-18-7-5-6-16(3)20(18)26-22-24-13-19(14-25-22)21(27)23-12-17-10-8-15(2)9-11-17/h5-11,13-14H,4,12H2,1-3H3,(H,23,27)(H,24,25,26). The normalized spacial score (nSPS) is 10.5. The first-order valence-electron chi connectivity index (χ1n) is 9.08. The third-order valence-corrected chi connectivity index (χ3v) is 4.46. The number of nitrogens with one attached hydrogen (secondary N) is 2. The van der Waals surface area contributed by atoms with Crippen LogP contribution in [0, 0.1) is 13.8 Å². The van der Waals surface area contributed by atoms with Gasteiger partial charge in [-0.3, -0.25) is 4.79 Å². The largest absolute Gasteiger partial charge is 0.348 e. The molecular formula is C22H24N4O. The Balaban J connectivity index is 1.64. The van der Waals surface area contributed by atoms with Crippen LogP contribution in [0.15, 0.2) is 54.9 Å². The molecule has 2 N–H and O–H groups in total. The van der Waals surface area contributed by atoms with E-state index in [1.807, 2.05) is 50.2 Å². The van der Waals surface area contributed by atoms with E-state index in [0.717, 1.165) is 23.2 Å². The summed E-state index contributed by atoms with van der Waals surface area (Å²) in [6.45, 7) is 6.68. The Morgan fingerprint density at radius 3 is 2.37 bits per heavy atom. The summed E-state index contributed by atoms with van der Waals surface area (Å²) < 4.78 is 0. The molecule has 138 valence electrons. The fraction of sp³-hybridized carbons (Fsp3) is 0.227. The van der Waals surface area contributed by atoms with Crippen LogP contribution in [0.4, 0.5) is 11.6 Å². The maximum absolute atomic E-state index is 12.3. The van der Waals surface area contributed by atoms with E-state index in [2.05, 4.69) is 33.6 Å². The number of carbonyl (C=O) groups is 1. The summed E-state index contributed by atoms with van der Waals surface area (Å²) in [7, 11) is 0. The Bertz CT molecular complexity index is 918. The van der Waals surface area contributed by atoms with Gasteiger partial charge in [0.25, 0.3) is 5.91 Å². The molecule has 0 aliphatic heterocycles. The monoisotopic (exact) mass is 360 g/mol. The molecule has 0 fully saturated rings. The number of benzene rings is 2. The van der Waals surface area contributed by atoms with Gasteiger partial charge in [-0.25, -0.2) is 9.97 Å². The Morgan fingerprint density at radius 1 is 1.00 bits per heavy atom. The van der Waals surface area contributed by atoms with Crippen molar-refractivity contribution in [3.05, 3.63) is 82.7 Å². The van der Waals surface area contributed by atoms with Gasteiger partial charge in [-0.2, -0.15) is 0 Å². The molecule has 0 atom stereocenters. The van der Waals surface area contributed by atoms with E-state index in [1.165, 1.54) is 11.1 Å². The van der Waals surface area contributed by atoms with Gasteiger partial charge in [-0.15, -0.1) is 0 Å². The number of amides is 1. The lowest BCUT2D eigenvalue weighted by atomic mass is 10.1. The second-order valence-electron chi connectivity index (χ2n) is 6.55. The third-order valence-electron chi connectivity index (χ3n) is 4.46. The molecule has 0 aliphatic carbocycles. The summed E-state index contributed by atoms with van der Waals surface area (Å²) in [5, 5.41) is 6.16. The first-order chi connectivity index (χ1) is 13.1. The number of aromatic nitrogens is 2. The zero-order chi connectivity index (χ0) is 19.2. The Hall–Kier alpha value is -3.21. The number of anilines is 2. The maximum atomic E-state index is 12.3. The number of aryl methyl sites for hydroxylation is 3. The molecule has 0 radical (unpaired) electrons. The fourth-order valence-corrected chi connectivity index (χ4v) is 2.81. The zero-order valence-electron chi connectivity index (χ0n) is 15.9. The molecule has 1 amide bonds. The number of hydrogen-bond donors (Lipinski definition) is 2. The van der Waals surface area contributed by atoms with Crippen molar-refractivity contribution in [1.82, 2.24) is 15.3 Å². The molecule has 0 saturated carbocycles. The molecule has 2 aromatic carbocycles. The summed E-state index contributed by atoms with van der Waals surface area (Å²) in [4.78, 5) is 20.9. The summed E-state index contributed by atoms with van der Waals surface area (Å²) in [5.74, 6) is 0.293. The number of hydrogen-bond acceptors (Lipinski definition) is 4. The number of para-hydroxylation sites is 1. The minimum Gasteiger partial charge on any atom is -0.348 e. The lowest BCUT2D eigenvalue weighted by Crippen LogP contribution is -2.23. The van der Waals surface area contributed by atoms with Crippen LogP contribution in [0.1, 0.15) is 39.5 Å². The van der Waals surface area contributed by atoms with E-state index < -0.39 is 0 Å². The van der Waals surface area contributed by atoms with Crippen LogP contribution >= 0.6 is 0 Å². The van der Waals surface area contributed by atoms with Gasteiger partial charge in [0.1, 0.15) is 0 Å². The molecule has 0 aliphatic rings. The SMILES string of the molecule is CCc1cccc(C)c1Nc1ncc(C(=O)NCc2ccc(C)cc2)cn1. The summed E-state index contributed by atoms with van der Waals surface area (Å²) in [6, 6.07) is 14.2. The molecule has 27 heavy (non-hydrogen) atoms. The minimum absolute atomic E-state index is 0.188. The van der Waals surface area contributed by atoms with Gasteiger partial charge >= 0.3 is 0 Å². The molecule has 0 unspecified atom stereocenters. The van der Waals surface area contributed by atoms with Gasteiger partial charge in [0.2, 0.25) is 5.95 Å². The van der Waals surface area contributed by atoms with Gasteiger partial charge in [0, 0.05) is 24.6 Å². The van der Waals surface area contributed by atoms with Crippen molar-refractivity contribution in [1.29, 1.82) is 0 Å². The van der Waals surface area contributed by atoms with Crippen LogP contribution in [-0.4, -0.2) is 15.9 Å². The highest BCUT2D eigenvalue weighted by Crippen LogP contribution is 2.23. The third kappa shape index (κ3) is 4.70. The van der Waals surface area contributed by atoms with Crippen LogP contribution in [0.25, 0.3) is 0 Å². The van der Waals surface area contributed by atoms with Crippen molar-refractivity contribution in [2.45, 2.75) is 33.7 Å². The van der Waals surface area contributed by atoms with E-state index in [9.17, 15) is 4.79 Å². The topological polar surface area (TPSA) is 66.9 Å². The molecule has 1 heterocycles. The number of carbonyl (C=O) groups excluding carboxylic acids is 1. The zero-order valence-corrected chi connectivity index (χ0v) is 15.9. The van der Waals surface area contributed by atoms with Gasteiger partial charge < -0.3 is 10.6 Å². The molecular weight excluding hydrogens is 336 g/mol. The lowest BCUT2D eigenvalue weighted by Gasteiger charge is -2.13. The quantitative estimate of drug-likeness (QED) is 0.687. The van der Waals surface area contributed by atoms with Crippen LogP contribution in [0.2, 0.25) is 0 Å². The predicted octanol–water partition coefficient (Wildman–Crippen LogP) is 4.33. The average molecular weight is 360 g/mol. The van der Waals surface area contributed by atoms with E-state index >= 15 is 0 Å². The summed E-state index contributed by atoms with van der Waals surface area (Å²) in [6.07, 6.45) is 4.01. The van der Waals surface area contributed by atoms with Crippen LogP contribution in [0.5, 0.6) is 0 Å². The first kappa shape index (κ1) is 18.6. The van der Waals surface area contributed by atoms with E-state index in [0.29, 0.717) is 18.1 Å². The first-order valence-corrected chi connectivity index (χ1v) is 9.08. The fourth-order valence-electron chi connectivity index (χ4n) is 2.81. The van der Waals surface area contributed by atoms with Gasteiger partial charge in [-0.1, -0.05) is 55.0 Å². The molecule has 3 aromatic rings. The molecule has 5 heteroatoms. The van der Waals surface area contributed by atoms with E-state index in [-0.39, 0.29) is 5.91 Å². The Kier molecular flexibility index (Phi) is 5.81. The molecule has 5 nitrogen and oxygen atoms in total. The smallest absolute Gasteiger partial charge is 0.254 e. The van der Waals surface area contributed by atoms with Crippen molar-refractivity contribution >= 4 is 17.5 Å². The van der Waals surface area contributed by atoms with Gasteiger partial charge in [0.05, 0.1) is 5.56 Å². The van der Waals surface area contributed by atoms with Crippen LogP contribution < -0.4 is 10.6 Å². The highest BCUT2D eigenvalue weighted by molar-refractivity contribution is 5.93. The highest BCUT2D eigenvalue weighted by Gasteiger charge is 2.09. The van der Waals surface area contributed by atoms with E-state index in [1.54, 1.807) is 12.4 Å². The molecule has 0 spiro atoms. The predicted molar refractivity (Wildman–Crippen MR) is 108 cm³/mol. The molecule has 1 aromatic heterocycles.